The first kappa shape index (κ1) is 10.8. The van der Waals surface area contributed by atoms with E-state index < -0.39 is 0 Å². The number of carbonyl (C=O) groups excluding carboxylic acids is 1. The highest BCUT2D eigenvalue weighted by Crippen LogP contribution is 2.37. The summed E-state index contributed by atoms with van der Waals surface area (Å²) >= 11 is 5.66. The van der Waals surface area contributed by atoms with Crippen LogP contribution in [-0.4, -0.2) is 31.5 Å². The van der Waals surface area contributed by atoms with Gasteiger partial charge in [0.2, 0.25) is 5.91 Å². The molecule has 13 heavy (non-hydrogen) atoms. The van der Waals surface area contributed by atoms with Crippen LogP contribution >= 0.6 is 11.6 Å². The van der Waals surface area contributed by atoms with Crippen LogP contribution in [0.2, 0.25) is 0 Å². The second-order valence-electron chi connectivity index (χ2n) is 3.63. The molecular formula is C9H16ClNO2. The molecule has 0 bridgehead atoms. The van der Waals surface area contributed by atoms with E-state index in [4.69, 9.17) is 16.3 Å². The largest absolute Gasteiger partial charge is 0.383 e. The van der Waals surface area contributed by atoms with Crippen molar-refractivity contribution in [1.29, 1.82) is 0 Å². The highest BCUT2D eigenvalue weighted by Gasteiger charge is 2.39. The van der Waals surface area contributed by atoms with Gasteiger partial charge in [0.1, 0.15) is 0 Å². The monoisotopic (exact) mass is 205 g/mol. The maximum atomic E-state index is 11.4. The molecule has 0 heterocycles. The average molecular weight is 206 g/mol. The summed E-state index contributed by atoms with van der Waals surface area (Å²) in [5.41, 5.74) is 0. The van der Waals surface area contributed by atoms with E-state index in [2.05, 4.69) is 12.2 Å². The smallest absolute Gasteiger partial charge is 0.223 e. The van der Waals surface area contributed by atoms with Crippen molar-refractivity contribution in [2.24, 2.45) is 11.8 Å². The summed E-state index contributed by atoms with van der Waals surface area (Å²) in [4.78, 5) is 11.4. The molecule has 0 spiro atoms. The first-order valence-electron chi connectivity index (χ1n) is 4.54. The van der Waals surface area contributed by atoms with E-state index in [1.807, 2.05) is 0 Å². The summed E-state index contributed by atoms with van der Waals surface area (Å²) in [6.07, 6.45) is 1.01. The number of carbonyl (C=O) groups is 1. The van der Waals surface area contributed by atoms with Gasteiger partial charge in [-0.2, -0.15) is 0 Å². The van der Waals surface area contributed by atoms with Crippen molar-refractivity contribution in [3.63, 3.8) is 0 Å². The fourth-order valence-corrected chi connectivity index (χ4v) is 1.49. The lowest BCUT2D eigenvalue weighted by Crippen LogP contribution is -2.40. The molecule has 1 rings (SSSR count). The molecule has 1 N–H and O–H groups in total. The van der Waals surface area contributed by atoms with Gasteiger partial charge in [0, 0.05) is 18.9 Å². The zero-order chi connectivity index (χ0) is 9.84. The minimum absolute atomic E-state index is 0.0491. The Bertz CT molecular complexity index is 186. The summed E-state index contributed by atoms with van der Waals surface area (Å²) in [5, 5.41) is 2.86. The molecule has 0 aliphatic heterocycles. The Morgan fingerprint density at radius 3 is 2.77 bits per heavy atom. The number of halogens is 1. The van der Waals surface area contributed by atoms with Crippen molar-refractivity contribution in [3.8, 4) is 0 Å². The number of nitrogens with one attached hydrogen (secondary N) is 1. The highest BCUT2D eigenvalue weighted by atomic mass is 35.5. The summed E-state index contributed by atoms with van der Waals surface area (Å²) < 4.78 is 4.92. The Labute approximate surface area is 83.8 Å². The molecule has 1 aliphatic carbocycles. The van der Waals surface area contributed by atoms with Gasteiger partial charge in [-0.1, -0.05) is 6.92 Å². The molecule has 0 aromatic carbocycles. The van der Waals surface area contributed by atoms with Crippen LogP contribution in [0.4, 0.5) is 0 Å². The van der Waals surface area contributed by atoms with Crippen molar-refractivity contribution in [2.45, 2.75) is 19.4 Å². The van der Waals surface area contributed by atoms with Gasteiger partial charge in [-0.3, -0.25) is 4.79 Å². The SMILES string of the molecule is COCC(CCl)NC(=O)C1CC1C. The number of methoxy groups -OCH3 is 1. The van der Waals surface area contributed by atoms with Crippen molar-refractivity contribution >= 4 is 17.5 Å². The molecule has 3 atom stereocenters. The van der Waals surface area contributed by atoms with Gasteiger partial charge >= 0.3 is 0 Å². The zero-order valence-electron chi connectivity index (χ0n) is 8.05. The molecule has 3 nitrogen and oxygen atoms in total. The Morgan fingerprint density at radius 1 is 1.77 bits per heavy atom. The molecular weight excluding hydrogens is 190 g/mol. The van der Waals surface area contributed by atoms with Gasteiger partial charge in [-0.25, -0.2) is 0 Å². The number of alkyl halides is 1. The van der Waals surface area contributed by atoms with E-state index in [1.165, 1.54) is 0 Å². The number of hydrogen-bond donors (Lipinski definition) is 1. The Kier molecular flexibility index (Phi) is 4.00. The van der Waals surface area contributed by atoms with Crippen LogP contribution in [0.15, 0.2) is 0 Å². The van der Waals surface area contributed by atoms with E-state index in [9.17, 15) is 4.79 Å². The average Bonchev–Trinajstić information content (AvgIpc) is 2.82. The maximum Gasteiger partial charge on any atom is 0.223 e. The molecule has 0 aromatic heterocycles. The van der Waals surface area contributed by atoms with Crippen molar-refractivity contribution in [2.75, 3.05) is 19.6 Å². The van der Waals surface area contributed by atoms with Crippen LogP contribution in [0.25, 0.3) is 0 Å². The molecule has 0 radical (unpaired) electrons. The maximum absolute atomic E-state index is 11.4. The highest BCUT2D eigenvalue weighted by molar-refractivity contribution is 6.18. The molecule has 4 heteroatoms. The number of hydrogen-bond acceptors (Lipinski definition) is 2. The molecule has 0 saturated heterocycles. The summed E-state index contributed by atoms with van der Waals surface area (Å²) in [5.74, 6) is 1.28. The minimum atomic E-state index is -0.0491. The first-order valence-corrected chi connectivity index (χ1v) is 5.07. The van der Waals surface area contributed by atoms with E-state index in [1.54, 1.807) is 7.11 Å². The number of rotatable bonds is 5. The van der Waals surface area contributed by atoms with Gasteiger partial charge in [0.05, 0.1) is 12.6 Å². The molecule has 1 amide bonds. The zero-order valence-corrected chi connectivity index (χ0v) is 8.80. The van der Waals surface area contributed by atoms with Crippen LogP contribution in [0, 0.1) is 11.8 Å². The third-order valence-corrected chi connectivity index (χ3v) is 2.72. The molecule has 1 saturated carbocycles. The normalized spacial score (nSPS) is 28.2. The van der Waals surface area contributed by atoms with Gasteiger partial charge in [0.25, 0.3) is 0 Å². The third-order valence-electron chi connectivity index (χ3n) is 2.35. The van der Waals surface area contributed by atoms with E-state index in [-0.39, 0.29) is 17.9 Å². The lowest BCUT2D eigenvalue weighted by Gasteiger charge is -2.14. The Balaban J connectivity index is 2.24. The molecule has 0 aromatic rings. The Morgan fingerprint density at radius 2 is 2.38 bits per heavy atom. The van der Waals surface area contributed by atoms with Crippen LogP contribution in [0.5, 0.6) is 0 Å². The van der Waals surface area contributed by atoms with Crippen LogP contribution in [-0.2, 0) is 9.53 Å². The van der Waals surface area contributed by atoms with Crippen LogP contribution < -0.4 is 5.32 Å². The first-order chi connectivity index (χ1) is 6.19. The van der Waals surface area contributed by atoms with E-state index in [0.29, 0.717) is 18.4 Å². The van der Waals surface area contributed by atoms with Gasteiger partial charge < -0.3 is 10.1 Å². The summed E-state index contributed by atoms with van der Waals surface area (Å²) in [6, 6.07) is -0.0491. The molecule has 1 fully saturated rings. The fraction of sp³-hybridized carbons (Fsp3) is 0.889. The quantitative estimate of drug-likeness (QED) is 0.681. The molecule has 76 valence electrons. The van der Waals surface area contributed by atoms with Crippen molar-refractivity contribution < 1.29 is 9.53 Å². The second-order valence-corrected chi connectivity index (χ2v) is 3.94. The predicted molar refractivity (Wildman–Crippen MR) is 51.8 cm³/mol. The van der Waals surface area contributed by atoms with E-state index in [0.717, 1.165) is 6.42 Å². The van der Waals surface area contributed by atoms with Gasteiger partial charge in [-0.05, 0) is 12.3 Å². The van der Waals surface area contributed by atoms with Crippen LogP contribution in [0.1, 0.15) is 13.3 Å². The predicted octanol–water partition coefficient (Wildman–Crippen LogP) is 1.01. The fourth-order valence-electron chi connectivity index (χ4n) is 1.32. The molecule has 3 unspecified atom stereocenters. The lowest BCUT2D eigenvalue weighted by molar-refractivity contribution is -0.123. The standard InChI is InChI=1S/C9H16ClNO2/c1-6-3-8(6)9(12)11-7(4-10)5-13-2/h6-8H,3-5H2,1-2H3,(H,11,12). The topological polar surface area (TPSA) is 38.3 Å². The molecule has 1 aliphatic rings. The Hall–Kier alpha value is -0.280. The number of amides is 1. The van der Waals surface area contributed by atoms with Gasteiger partial charge in [0.15, 0.2) is 0 Å². The van der Waals surface area contributed by atoms with Gasteiger partial charge in [-0.15, -0.1) is 11.6 Å². The summed E-state index contributed by atoms with van der Waals surface area (Å²) in [6.45, 7) is 2.56. The second kappa shape index (κ2) is 4.82. The van der Waals surface area contributed by atoms with Crippen molar-refractivity contribution in [3.05, 3.63) is 0 Å². The van der Waals surface area contributed by atoms with Crippen LogP contribution in [0.3, 0.4) is 0 Å². The van der Waals surface area contributed by atoms with Crippen molar-refractivity contribution in [1.82, 2.24) is 5.32 Å². The number of ether oxygens (including phenoxy) is 1. The lowest BCUT2D eigenvalue weighted by atomic mass is 10.3. The van der Waals surface area contributed by atoms with E-state index >= 15 is 0 Å². The third kappa shape index (κ3) is 3.16. The minimum Gasteiger partial charge on any atom is -0.383 e. The summed E-state index contributed by atoms with van der Waals surface area (Å²) in [7, 11) is 1.60.